The lowest BCUT2D eigenvalue weighted by Crippen LogP contribution is -2.29. The number of rotatable bonds is 3. The summed E-state index contributed by atoms with van der Waals surface area (Å²) in [7, 11) is 1.99. The number of nitrogens with one attached hydrogen (secondary N) is 2. The van der Waals surface area contributed by atoms with Crippen molar-refractivity contribution in [2.24, 2.45) is 5.92 Å². The molecule has 3 unspecified atom stereocenters. The van der Waals surface area contributed by atoms with Crippen LogP contribution in [0.5, 0.6) is 0 Å². The zero-order chi connectivity index (χ0) is 13.4. The van der Waals surface area contributed by atoms with Crippen LogP contribution in [0.1, 0.15) is 30.5 Å². The summed E-state index contributed by atoms with van der Waals surface area (Å²) in [5.41, 5.74) is 3.31. The molecular formula is C15H20N2O2. The molecule has 4 nitrogen and oxygen atoms in total. The molecule has 0 saturated carbocycles. The molecule has 1 fully saturated rings. The third kappa shape index (κ3) is 2.26. The van der Waals surface area contributed by atoms with E-state index in [-0.39, 0.29) is 12.0 Å². The minimum absolute atomic E-state index is 0.0886. The molecule has 1 amide bonds. The maximum atomic E-state index is 11.4. The molecule has 19 heavy (non-hydrogen) atoms. The van der Waals surface area contributed by atoms with Gasteiger partial charge in [0.2, 0.25) is 5.91 Å². The van der Waals surface area contributed by atoms with Gasteiger partial charge in [-0.2, -0.15) is 0 Å². The fourth-order valence-corrected chi connectivity index (χ4v) is 3.26. The fourth-order valence-electron chi connectivity index (χ4n) is 3.26. The summed E-state index contributed by atoms with van der Waals surface area (Å²) < 4.78 is 5.67. The Kier molecular flexibility index (Phi) is 3.29. The van der Waals surface area contributed by atoms with Gasteiger partial charge in [0.05, 0.1) is 12.5 Å². The van der Waals surface area contributed by atoms with Crippen molar-refractivity contribution in [2.45, 2.75) is 31.9 Å². The zero-order valence-electron chi connectivity index (χ0n) is 11.4. The van der Waals surface area contributed by atoms with E-state index < -0.39 is 0 Å². The van der Waals surface area contributed by atoms with Crippen molar-refractivity contribution >= 4 is 11.6 Å². The summed E-state index contributed by atoms with van der Waals surface area (Å²) in [6, 6.07) is 6.56. The first-order valence-corrected chi connectivity index (χ1v) is 6.90. The van der Waals surface area contributed by atoms with Gasteiger partial charge in [-0.05, 0) is 37.6 Å². The summed E-state index contributed by atoms with van der Waals surface area (Å²) >= 11 is 0. The molecule has 0 aromatic heterocycles. The highest BCUT2D eigenvalue weighted by molar-refractivity contribution is 5.99. The van der Waals surface area contributed by atoms with E-state index in [9.17, 15) is 4.79 Å². The lowest BCUT2D eigenvalue weighted by molar-refractivity contribution is -0.115. The SMILES string of the molecule is CNC(c1ccc2c(c1)CC(=O)N2)C1CCOC1C. The Morgan fingerprint density at radius 2 is 2.32 bits per heavy atom. The molecule has 2 aliphatic heterocycles. The Balaban J connectivity index is 1.88. The molecule has 2 heterocycles. The van der Waals surface area contributed by atoms with Crippen molar-refractivity contribution in [3.8, 4) is 0 Å². The van der Waals surface area contributed by atoms with E-state index in [2.05, 4.69) is 29.7 Å². The molecule has 0 bridgehead atoms. The second kappa shape index (κ2) is 4.94. The van der Waals surface area contributed by atoms with Gasteiger partial charge in [0, 0.05) is 24.3 Å². The molecule has 4 heteroatoms. The first-order chi connectivity index (χ1) is 9.19. The molecule has 102 valence electrons. The maximum absolute atomic E-state index is 11.4. The average molecular weight is 260 g/mol. The van der Waals surface area contributed by atoms with Crippen LogP contribution in [0.3, 0.4) is 0 Å². The number of hydrogen-bond donors (Lipinski definition) is 2. The van der Waals surface area contributed by atoms with E-state index in [0.29, 0.717) is 18.4 Å². The number of ether oxygens (including phenoxy) is 1. The number of fused-ring (bicyclic) bond motifs is 1. The van der Waals surface area contributed by atoms with Crippen LogP contribution in [0.15, 0.2) is 18.2 Å². The number of carbonyl (C=O) groups is 1. The Morgan fingerprint density at radius 3 is 3.00 bits per heavy atom. The monoisotopic (exact) mass is 260 g/mol. The number of benzene rings is 1. The molecule has 3 rings (SSSR count). The predicted octanol–water partition coefficient (Wildman–Crippen LogP) is 1.87. The Bertz CT molecular complexity index is 501. The van der Waals surface area contributed by atoms with Gasteiger partial charge in [-0.3, -0.25) is 4.79 Å². The van der Waals surface area contributed by atoms with Crippen molar-refractivity contribution in [1.29, 1.82) is 0 Å². The molecule has 2 N–H and O–H groups in total. The van der Waals surface area contributed by atoms with E-state index in [1.165, 1.54) is 5.56 Å². The molecule has 3 atom stereocenters. The smallest absolute Gasteiger partial charge is 0.228 e. The summed E-state index contributed by atoms with van der Waals surface area (Å²) in [6.07, 6.45) is 1.86. The second-order valence-corrected chi connectivity index (χ2v) is 5.44. The minimum Gasteiger partial charge on any atom is -0.378 e. The van der Waals surface area contributed by atoms with Gasteiger partial charge in [-0.15, -0.1) is 0 Å². The normalized spacial score (nSPS) is 27.2. The molecule has 0 radical (unpaired) electrons. The number of carbonyl (C=O) groups excluding carboxylic acids is 1. The first kappa shape index (κ1) is 12.6. The molecule has 0 aliphatic carbocycles. The van der Waals surface area contributed by atoms with E-state index in [4.69, 9.17) is 4.74 Å². The Labute approximate surface area is 113 Å². The second-order valence-electron chi connectivity index (χ2n) is 5.44. The van der Waals surface area contributed by atoms with Gasteiger partial charge in [-0.25, -0.2) is 0 Å². The summed E-state index contributed by atoms with van der Waals surface area (Å²) in [5.74, 6) is 0.582. The topological polar surface area (TPSA) is 50.4 Å². The summed E-state index contributed by atoms with van der Waals surface area (Å²) in [6.45, 7) is 2.98. The number of hydrogen-bond acceptors (Lipinski definition) is 3. The molecule has 2 aliphatic rings. The summed E-state index contributed by atoms with van der Waals surface area (Å²) in [4.78, 5) is 11.4. The van der Waals surface area contributed by atoms with Crippen LogP contribution < -0.4 is 10.6 Å². The van der Waals surface area contributed by atoms with Crippen LogP contribution in [0.25, 0.3) is 0 Å². The van der Waals surface area contributed by atoms with E-state index in [1.54, 1.807) is 0 Å². The fraction of sp³-hybridized carbons (Fsp3) is 0.533. The third-order valence-electron chi connectivity index (χ3n) is 4.29. The van der Waals surface area contributed by atoms with Crippen molar-refractivity contribution in [2.75, 3.05) is 19.0 Å². The van der Waals surface area contributed by atoms with Gasteiger partial charge >= 0.3 is 0 Å². The zero-order valence-corrected chi connectivity index (χ0v) is 11.4. The molecule has 0 spiro atoms. The van der Waals surface area contributed by atoms with Crippen molar-refractivity contribution in [3.63, 3.8) is 0 Å². The largest absolute Gasteiger partial charge is 0.378 e. The Morgan fingerprint density at radius 1 is 1.47 bits per heavy atom. The lowest BCUT2D eigenvalue weighted by Gasteiger charge is -2.26. The maximum Gasteiger partial charge on any atom is 0.228 e. The molecular weight excluding hydrogens is 240 g/mol. The van der Waals surface area contributed by atoms with Crippen LogP contribution >= 0.6 is 0 Å². The van der Waals surface area contributed by atoms with Crippen LogP contribution in [0.2, 0.25) is 0 Å². The predicted molar refractivity (Wildman–Crippen MR) is 74.1 cm³/mol. The molecule has 1 saturated heterocycles. The van der Waals surface area contributed by atoms with Gasteiger partial charge in [0.1, 0.15) is 0 Å². The van der Waals surface area contributed by atoms with Gasteiger partial charge in [0.25, 0.3) is 0 Å². The number of amides is 1. The minimum atomic E-state index is 0.0886. The third-order valence-corrected chi connectivity index (χ3v) is 4.29. The highest BCUT2D eigenvalue weighted by Gasteiger charge is 2.32. The standard InChI is InChI=1S/C15H20N2O2/c1-9-12(5-6-19-9)15(16-2)10-3-4-13-11(7-10)8-14(18)17-13/h3-4,7,9,12,15-16H,5-6,8H2,1-2H3,(H,17,18). The van der Waals surface area contributed by atoms with Crippen molar-refractivity contribution in [3.05, 3.63) is 29.3 Å². The number of anilines is 1. The van der Waals surface area contributed by atoms with E-state index in [0.717, 1.165) is 24.3 Å². The van der Waals surface area contributed by atoms with Crippen molar-refractivity contribution < 1.29 is 9.53 Å². The Hall–Kier alpha value is -1.39. The molecule has 1 aromatic carbocycles. The first-order valence-electron chi connectivity index (χ1n) is 6.90. The van der Waals surface area contributed by atoms with Gasteiger partial charge < -0.3 is 15.4 Å². The average Bonchev–Trinajstić information content (AvgIpc) is 2.95. The lowest BCUT2D eigenvalue weighted by atomic mass is 9.87. The quantitative estimate of drug-likeness (QED) is 0.872. The van der Waals surface area contributed by atoms with Gasteiger partial charge in [0.15, 0.2) is 0 Å². The van der Waals surface area contributed by atoms with Crippen molar-refractivity contribution in [1.82, 2.24) is 5.32 Å². The summed E-state index contributed by atoms with van der Waals surface area (Å²) in [5, 5.41) is 6.28. The van der Waals surface area contributed by atoms with Crippen LogP contribution in [0.4, 0.5) is 5.69 Å². The van der Waals surface area contributed by atoms with E-state index >= 15 is 0 Å². The highest BCUT2D eigenvalue weighted by atomic mass is 16.5. The molecule has 1 aromatic rings. The van der Waals surface area contributed by atoms with Crippen LogP contribution in [-0.4, -0.2) is 25.7 Å². The van der Waals surface area contributed by atoms with E-state index in [1.807, 2.05) is 13.1 Å². The highest BCUT2D eigenvalue weighted by Crippen LogP contribution is 2.35. The van der Waals surface area contributed by atoms with Crippen LogP contribution in [0, 0.1) is 5.92 Å². The van der Waals surface area contributed by atoms with Crippen LogP contribution in [-0.2, 0) is 16.0 Å². The van der Waals surface area contributed by atoms with Gasteiger partial charge in [-0.1, -0.05) is 12.1 Å².